The number of carbonyl (C=O) groups excluding carboxylic acids is 2. The van der Waals surface area contributed by atoms with Crippen molar-refractivity contribution in [2.45, 2.75) is 25.8 Å². The minimum Gasteiger partial charge on any atom is -0.319 e. The van der Waals surface area contributed by atoms with Crippen LogP contribution >= 0.6 is 0 Å². The molecule has 0 bridgehead atoms. The standard InChI is InChI=1S/C21H22N4O2/c1-14-12-15(9-11-24(14)2)13-19(26)25-18-8-4-3-6-16(18)21(27)23-17-7-5-10-22-20(17)25/h3-8,10,12,14H,9,11,13H2,1-2H3,(H,23,27). The number of nitrogens with one attached hydrogen (secondary N) is 1. The van der Waals surface area contributed by atoms with Crippen molar-refractivity contribution >= 4 is 29.0 Å². The van der Waals surface area contributed by atoms with Crippen LogP contribution in [0.15, 0.2) is 54.2 Å². The molecular formula is C21H22N4O2. The quantitative estimate of drug-likeness (QED) is 0.832. The lowest BCUT2D eigenvalue weighted by Gasteiger charge is -2.29. The molecule has 27 heavy (non-hydrogen) atoms. The molecule has 0 radical (unpaired) electrons. The molecule has 1 aromatic carbocycles. The summed E-state index contributed by atoms with van der Waals surface area (Å²) < 4.78 is 0. The Morgan fingerprint density at radius 3 is 2.89 bits per heavy atom. The van der Waals surface area contributed by atoms with Gasteiger partial charge in [0.05, 0.1) is 16.9 Å². The van der Waals surface area contributed by atoms with Gasteiger partial charge in [0.25, 0.3) is 5.91 Å². The van der Waals surface area contributed by atoms with E-state index in [2.05, 4.69) is 35.2 Å². The van der Waals surface area contributed by atoms with Gasteiger partial charge in [-0.25, -0.2) is 4.98 Å². The molecule has 0 aliphatic carbocycles. The van der Waals surface area contributed by atoms with Crippen LogP contribution in [0.5, 0.6) is 0 Å². The number of benzene rings is 1. The van der Waals surface area contributed by atoms with E-state index in [0.29, 0.717) is 35.2 Å². The van der Waals surface area contributed by atoms with Gasteiger partial charge in [-0.2, -0.15) is 0 Å². The molecule has 1 N–H and O–H groups in total. The lowest BCUT2D eigenvalue weighted by atomic mass is 10.00. The Balaban J connectivity index is 1.75. The molecule has 1 aromatic heterocycles. The maximum absolute atomic E-state index is 13.3. The maximum Gasteiger partial charge on any atom is 0.257 e. The average Bonchev–Trinajstić information content (AvgIpc) is 2.79. The first kappa shape index (κ1) is 17.4. The van der Waals surface area contributed by atoms with E-state index in [1.54, 1.807) is 41.4 Å². The molecule has 6 nitrogen and oxygen atoms in total. The molecule has 138 valence electrons. The van der Waals surface area contributed by atoms with Gasteiger partial charge in [0.2, 0.25) is 5.91 Å². The summed E-state index contributed by atoms with van der Waals surface area (Å²) in [7, 11) is 2.09. The average molecular weight is 362 g/mol. The molecule has 1 atom stereocenters. The molecule has 1 unspecified atom stereocenters. The number of amides is 2. The Morgan fingerprint density at radius 2 is 2.07 bits per heavy atom. The second kappa shape index (κ2) is 6.96. The highest BCUT2D eigenvalue weighted by atomic mass is 16.2. The second-order valence-corrected chi connectivity index (χ2v) is 7.05. The number of pyridine rings is 1. The summed E-state index contributed by atoms with van der Waals surface area (Å²) in [5.74, 6) is 0.145. The smallest absolute Gasteiger partial charge is 0.257 e. The van der Waals surface area contributed by atoms with Crippen LogP contribution in [-0.2, 0) is 4.79 Å². The van der Waals surface area contributed by atoms with Gasteiger partial charge in [-0.05, 0) is 44.7 Å². The molecule has 2 aliphatic heterocycles. The zero-order valence-corrected chi connectivity index (χ0v) is 15.5. The van der Waals surface area contributed by atoms with E-state index in [-0.39, 0.29) is 11.8 Å². The molecule has 0 fully saturated rings. The normalized spacial score (nSPS) is 19.5. The molecule has 2 amide bonds. The zero-order valence-electron chi connectivity index (χ0n) is 15.5. The second-order valence-electron chi connectivity index (χ2n) is 7.05. The van der Waals surface area contributed by atoms with Gasteiger partial charge in [-0.15, -0.1) is 0 Å². The van der Waals surface area contributed by atoms with Crippen LogP contribution in [-0.4, -0.2) is 41.3 Å². The van der Waals surface area contributed by atoms with Crippen molar-refractivity contribution in [1.29, 1.82) is 0 Å². The summed E-state index contributed by atoms with van der Waals surface area (Å²) in [5, 5.41) is 2.86. The molecule has 2 aromatic rings. The van der Waals surface area contributed by atoms with Crippen molar-refractivity contribution in [2.24, 2.45) is 0 Å². The minimum absolute atomic E-state index is 0.0816. The maximum atomic E-state index is 13.3. The summed E-state index contributed by atoms with van der Waals surface area (Å²) in [4.78, 5) is 34.2. The molecule has 0 saturated carbocycles. The van der Waals surface area contributed by atoms with Gasteiger partial charge in [0, 0.05) is 25.2 Å². The third kappa shape index (κ3) is 3.24. The van der Waals surface area contributed by atoms with Gasteiger partial charge in [0.15, 0.2) is 5.82 Å². The number of rotatable bonds is 2. The Bertz CT molecular complexity index is 937. The molecule has 0 saturated heterocycles. The monoisotopic (exact) mass is 362 g/mol. The van der Waals surface area contributed by atoms with Crippen molar-refractivity contribution in [3.63, 3.8) is 0 Å². The SMILES string of the molecule is CC1C=C(CC(=O)N2c3ccccc3C(=O)Nc3cccnc32)CCN1C. The van der Waals surface area contributed by atoms with Gasteiger partial charge in [-0.1, -0.05) is 23.8 Å². The van der Waals surface area contributed by atoms with E-state index in [9.17, 15) is 9.59 Å². The van der Waals surface area contributed by atoms with Crippen LogP contribution in [0, 0.1) is 0 Å². The number of fused-ring (bicyclic) bond motifs is 2. The van der Waals surface area contributed by atoms with Gasteiger partial charge < -0.3 is 5.32 Å². The van der Waals surface area contributed by atoms with Gasteiger partial charge >= 0.3 is 0 Å². The zero-order chi connectivity index (χ0) is 19.0. The molecule has 6 heteroatoms. The Morgan fingerprint density at radius 1 is 1.26 bits per heavy atom. The molecule has 4 rings (SSSR count). The lowest BCUT2D eigenvalue weighted by Crippen LogP contribution is -2.34. The van der Waals surface area contributed by atoms with E-state index < -0.39 is 0 Å². The number of hydrogen-bond acceptors (Lipinski definition) is 4. The number of nitrogens with zero attached hydrogens (tertiary/aromatic N) is 3. The number of hydrogen-bond donors (Lipinski definition) is 1. The highest BCUT2D eigenvalue weighted by Gasteiger charge is 2.30. The fourth-order valence-electron chi connectivity index (χ4n) is 3.59. The summed E-state index contributed by atoms with van der Waals surface area (Å²) in [5.41, 5.74) is 2.70. The van der Waals surface area contributed by atoms with E-state index in [4.69, 9.17) is 0 Å². The summed E-state index contributed by atoms with van der Waals surface area (Å²) in [6, 6.07) is 11.0. The van der Waals surface area contributed by atoms with Crippen LogP contribution in [0.2, 0.25) is 0 Å². The minimum atomic E-state index is -0.234. The predicted octanol–water partition coefficient (Wildman–Crippen LogP) is 3.35. The van der Waals surface area contributed by atoms with E-state index >= 15 is 0 Å². The Labute approximate surface area is 158 Å². The van der Waals surface area contributed by atoms with Crippen molar-refractivity contribution in [1.82, 2.24) is 9.88 Å². The number of anilines is 3. The number of carbonyl (C=O) groups is 2. The van der Waals surface area contributed by atoms with Crippen LogP contribution in [0.3, 0.4) is 0 Å². The topological polar surface area (TPSA) is 65.5 Å². The predicted molar refractivity (Wildman–Crippen MR) is 105 cm³/mol. The van der Waals surface area contributed by atoms with E-state index in [0.717, 1.165) is 18.5 Å². The van der Waals surface area contributed by atoms with Crippen LogP contribution in [0.1, 0.15) is 30.1 Å². The van der Waals surface area contributed by atoms with Gasteiger partial charge in [0.1, 0.15) is 0 Å². The fraction of sp³-hybridized carbons (Fsp3) is 0.286. The molecule has 0 spiro atoms. The highest BCUT2D eigenvalue weighted by molar-refractivity contribution is 6.17. The molecular weight excluding hydrogens is 340 g/mol. The van der Waals surface area contributed by atoms with Gasteiger partial charge in [-0.3, -0.25) is 19.4 Å². The molecule has 2 aliphatic rings. The van der Waals surface area contributed by atoms with Crippen molar-refractivity contribution < 1.29 is 9.59 Å². The number of para-hydroxylation sites is 1. The summed E-state index contributed by atoms with van der Waals surface area (Å²) >= 11 is 0. The third-order valence-corrected chi connectivity index (χ3v) is 5.22. The van der Waals surface area contributed by atoms with Crippen LogP contribution in [0.25, 0.3) is 0 Å². The summed E-state index contributed by atoms with van der Waals surface area (Å²) in [6.07, 6.45) is 4.98. The van der Waals surface area contributed by atoms with Crippen molar-refractivity contribution in [2.75, 3.05) is 23.8 Å². The Kier molecular flexibility index (Phi) is 4.49. The number of likely N-dealkylation sites (N-methyl/N-ethyl adjacent to an activating group) is 1. The van der Waals surface area contributed by atoms with Crippen LogP contribution in [0.4, 0.5) is 17.2 Å². The van der Waals surface area contributed by atoms with Crippen molar-refractivity contribution in [3.8, 4) is 0 Å². The van der Waals surface area contributed by atoms with Crippen molar-refractivity contribution in [3.05, 3.63) is 59.8 Å². The fourth-order valence-corrected chi connectivity index (χ4v) is 3.59. The first-order chi connectivity index (χ1) is 13.0. The lowest BCUT2D eigenvalue weighted by molar-refractivity contribution is -0.117. The first-order valence-corrected chi connectivity index (χ1v) is 9.13. The molecule has 3 heterocycles. The highest BCUT2D eigenvalue weighted by Crippen LogP contribution is 2.37. The van der Waals surface area contributed by atoms with Crippen LogP contribution < -0.4 is 10.2 Å². The Hall–Kier alpha value is -2.99. The summed E-state index contributed by atoms with van der Waals surface area (Å²) in [6.45, 7) is 3.07. The van der Waals surface area contributed by atoms with E-state index in [1.807, 2.05) is 6.07 Å². The number of aromatic nitrogens is 1. The van der Waals surface area contributed by atoms with E-state index in [1.165, 1.54) is 0 Å². The first-order valence-electron chi connectivity index (χ1n) is 9.13. The largest absolute Gasteiger partial charge is 0.319 e. The third-order valence-electron chi connectivity index (χ3n) is 5.22.